The number of hydrogen-bond donors (Lipinski definition) is 1. The summed E-state index contributed by atoms with van der Waals surface area (Å²) in [7, 11) is 4.31. The van der Waals surface area contributed by atoms with E-state index >= 15 is 0 Å². The van der Waals surface area contributed by atoms with Gasteiger partial charge in [-0.25, -0.2) is 0 Å². The fourth-order valence-electron chi connectivity index (χ4n) is 3.47. The van der Waals surface area contributed by atoms with Crippen molar-refractivity contribution < 1.29 is 4.42 Å². The van der Waals surface area contributed by atoms with Crippen LogP contribution in [-0.4, -0.2) is 31.6 Å². The molecule has 2 unspecified atom stereocenters. The molecule has 0 aromatic carbocycles. The maximum Gasteiger partial charge on any atom is 0.0947 e. The summed E-state index contributed by atoms with van der Waals surface area (Å²) < 4.78 is 5.14. The minimum Gasteiger partial charge on any atom is -0.472 e. The lowest BCUT2D eigenvalue weighted by Gasteiger charge is -2.42. The third kappa shape index (κ3) is 4.08. The van der Waals surface area contributed by atoms with Gasteiger partial charge in [-0.05, 0) is 50.8 Å². The summed E-state index contributed by atoms with van der Waals surface area (Å²) in [5.41, 5.74) is 1.76. The third-order valence-corrected chi connectivity index (χ3v) is 4.47. The van der Waals surface area contributed by atoms with Gasteiger partial charge in [-0.3, -0.25) is 0 Å². The molecule has 1 aromatic rings. The minimum absolute atomic E-state index is 0.495. The zero-order valence-electron chi connectivity index (χ0n) is 12.8. The highest BCUT2D eigenvalue weighted by Gasteiger charge is 2.34. The molecule has 3 heteroatoms. The predicted octanol–water partition coefficient (Wildman–Crippen LogP) is 3.13. The number of rotatable bonds is 5. The molecule has 0 spiro atoms. The van der Waals surface area contributed by atoms with Gasteiger partial charge in [-0.1, -0.05) is 13.8 Å². The maximum absolute atomic E-state index is 5.14. The Balaban J connectivity index is 1.91. The van der Waals surface area contributed by atoms with Crippen LogP contribution in [0.5, 0.6) is 0 Å². The van der Waals surface area contributed by atoms with Gasteiger partial charge in [0.1, 0.15) is 0 Å². The molecule has 0 radical (unpaired) electrons. The number of furan rings is 1. The molecule has 1 aromatic heterocycles. The fraction of sp³-hybridized carbons (Fsp3) is 0.750. The van der Waals surface area contributed by atoms with Gasteiger partial charge in [0.05, 0.1) is 12.5 Å². The van der Waals surface area contributed by atoms with Gasteiger partial charge in [0, 0.05) is 24.7 Å². The highest BCUT2D eigenvalue weighted by molar-refractivity contribution is 5.04. The van der Waals surface area contributed by atoms with Crippen LogP contribution in [0.1, 0.15) is 38.7 Å². The number of nitrogens with zero attached hydrogens (tertiary/aromatic N) is 1. The average molecular weight is 264 g/mol. The van der Waals surface area contributed by atoms with Gasteiger partial charge in [-0.2, -0.15) is 0 Å². The monoisotopic (exact) mass is 264 g/mol. The Morgan fingerprint density at radius 2 is 2.26 bits per heavy atom. The topological polar surface area (TPSA) is 28.4 Å². The Labute approximate surface area is 117 Å². The van der Waals surface area contributed by atoms with Crippen molar-refractivity contribution in [3.8, 4) is 0 Å². The summed E-state index contributed by atoms with van der Waals surface area (Å²) in [6.45, 7) is 6.94. The molecule has 0 bridgehead atoms. The molecule has 0 aliphatic heterocycles. The van der Waals surface area contributed by atoms with Crippen LogP contribution >= 0.6 is 0 Å². The first-order valence-corrected chi connectivity index (χ1v) is 7.37. The first-order valence-electron chi connectivity index (χ1n) is 7.37. The zero-order valence-corrected chi connectivity index (χ0v) is 12.8. The molecule has 2 atom stereocenters. The molecule has 1 aliphatic carbocycles. The van der Waals surface area contributed by atoms with E-state index in [1.807, 2.05) is 6.26 Å². The van der Waals surface area contributed by atoms with Crippen molar-refractivity contribution in [1.29, 1.82) is 0 Å². The number of hydrogen-bond acceptors (Lipinski definition) is 3. The van der Waals surface area contributed by atoms with Gasteiger partial charge in [0.25, 0.3) is 0 Å². The van der Waals surface area contributed by atoms with E-state index in [4.69, 9.17) is 4.42 Å². The summed E-state index contributed by atoms with van der Waals surface area (Å²) in [6, 6.07) is 2.72. The molecule has 3 nitrogen and oxygen atoms in total. The van der Waals surface area contributed by atoms with Crippen molar-refractivity contribution in [3.63, 3.8) is 0 Å². The van der Waals surface area contributed by atoms with Crippen molar-refractivity contribution >= 4 is 0 Å². The number of nitrogens with one attached hydrogen (secondary N) is 1. The Morgan fingerprint density at radius 3 is 2.89 bits per heavy atom. The minimum atomic E-state index is 0.495. The summed E-state index contributed by atoms with van der Waals surface area (Å²) in [5.74, 6) is 0.741. The molecule has 1 heterocycles. The van der Waals surface area contributed by atoms with Crippen LogP contribution in [-0.2, 0) is 6.54 Å². The second kappa shape index (κ2) is 6.10. The predicted molar refractivity (Wildman–Crippen MR) is 79.0 cm³/mol. The quantitative estimate of drug-likeness (QED) is 0.885. The zero-order chi connectivity index (χ0) is 13.9. The van der Waals surface area contributed by atoms with E-state index in [-0.39, 0.29) is 0 Å². The van der Waals surface area contributed by atoms with Gasteiger partial charge < -0.3 is 14.6 Å². The van der Waals surface area contributed by atoms with Crippen LogP contribution in [0.25, 0.3) is 0 Å². The van der Waals surface area contributed by atoms with E-state index in [2.05, 4.69) is 44.2 Å². The Morgan fingerprint density at radius 1 is 1.47 bits per heavy atom. The van der Waals surface area contributed by atoms with Crippen molar-refractivity contribution in [1.82, 2.24) is 10.2 Å². The molecule has 1 fully saturated rings. The smallest absolute Gasteiger partial charge is 0.0947 e. The molecule has 1 aliphatic rings. The molecular formula is C16H28N2O. The van der Waals surface area contributed by atoms with E-state index in [9.17, 15) is 0 Å². The van der Waals surface area contributed by atoms with Crippen molar-refractivity contribution in [2.75, 3.05) is 20.6 Å². The van der Waals surface area contributed by atoms with E-state index in [1.165, 1.54) is 24.8 Å². The maximum atomic E-state index is 5.14. The standard InChI is InChI=1S/C16H28N2O/c1-16(2)7-5-15(17-3)14(9-16)11-18(4)10-13-6-8-19-12-13/h6,8,12,14-15,17H,5,7,9-11H2,1-4H3. The van der Waals surface area contributed by atoms with E-state index < -0.39 is 0 Å². The molecule has 2 rings (SSSR count). The molecule has 1 N–H and O–H groups in total. The second-order valence-corrected chi connectivity index (χ2v) is 6.89. The van der Waals surface area contributed by atoms with Crippen LogP contribution in [0, 0.1) is 11.3 Å². The SMILES string of the molecule is CNC1CCC(C)(C)CC1CN(C)Cc1ccoc1. The Bertz CT molecular complexity index is 372. The molecule has 1 saturated carbocycles. The molecule has 0 amide bonds. The van der Waals surface area contributed by atoms with E-state index in [1.54, 1.807) is 6.26 Å². The summed E-state index contributed by atoms with van der Waals surface area (Å²) in [4.78, 5) is 2.42. The molecule has 19 heavy (non-hydrogen) atoms. The summed E-state index contributed by atoms with van der Waals surface area (Å²) >= 11 is 0. The highest BCUT2D eigenvalue weighted by Crippen LogP contribution is 2.38. The van der Waals surface area contributed by atoms with Crippen molar-refractivity contribution in [3.05, 3.63) is 24.2 Å². The summed E-state index contributed by atoms with van der Waals surface area (Å²) in [5, 5.41) is 3.51. The highest BCUT2D eigenvalue weighted by atomic mass is 16.3. The lowest BCUT2D eigenvalue weighted by Crippen LogP contribution is -2.45. The van der Waals surface area contributed by atoms with Crippen molar-refractivity contribution in [2.45, 2.75) is 45.7 Å². The summed E-state index contributed by atoms with van der Waals surface area (Å²) in [6.07, 6.45) is 7.54. The lowest BCUT2D eigenvalue weighted by atomic mass is 9.69. The van der Waals surface area contributed by atoms with Crippen LogP contribution in [0.3, 0.4) is 0 Å². The molecular weight excluding hydrogens is 236 g/mol. The second-order valence-electron chi connectivity index (χ2n) is 6.89. The van der Waals surface area contributed by atoms with Crippen LogP contribution in [0.2, 0.25) is 0 Å². The average Bonchev–Trinajstić information content (AvgIpc) is 2.81. The normalized spacial score (nSPS) is 26.8. The van der Waals surface area contributed by atoms with Gasteiger partial charge >= 0.3 is 0 Å². The molecule has 108 valence electrons. The Kier molecular flexibility index (Phi) is 4.69. The third-order valence-electron chi connectivity index (χ3n) is 4.47. The van der Waals surface area contributed by atoms with Gasteiger partial charge in [0.2, 0.25) is 0 Å². The Hall–Kier alpha value is -0.800. The van der Waals surface area contributed by atoms with Crippen molar-refractivity contribution in [2.24, 2.45) is 11.3 Å². The molecule has 0 saturated heterocycles. The van der Waals surface area contributed by atoms with Gasteiger partial charge in [0.15, 0.2) is 0 Å². The largest absolute Gasteiger partial charge is 0.472 e. The first kappa shape index (κ1) is 14.6. The fourth-order valence-corrected chi connectivity index (χ4v) is 3.47. The lowest BCUT2D eigenvalue weighted by molar-refractivity contribution is 0.110. The van der Waals surface area contributed by atoms with Crippen LogP contribution in [0.15, 0.2) is 23.0 Å². The van der Waals surface area contributed by atoms with Crippen LogP contribution in [0.4, 0.5) is 0 Å². The van der Waals surface area contributed by atoms with Crippen LogP contribution < -0.4 is 5.32 Å². The van der Waals surface area contributed by atoms with Gasteiger partial charge in [-0.15, -0.1) is 0 Å². The first-order chi connectivity index (χ1) is 9.00. The van der Waals surface area contributed by atoms with E-state index in [0.717, 1.165) is 19.0 Å². The van der Waals surface area contributed by atoms with E-state index in [0.29, 0.717) is 11.5 Å².